The van der Waals surface area contributed by atoms with Crippen LogP contribution in [-0.4, -0.2) is 11.5 Å². The first kappa shape index (κ1) is 8.37. The molecule has 0 N–H and O–H groups in total. The van der Waals surface area contributed by atoms with Crippen LogP contribution in [0.4, 0.5) is 0 Å². The van der Waals surface area contributed by atoms with Crippen molar-refractivity contribution in [1.29, 1.82) is 0 Å². The van der Waals surface area contributed by atoms with Crippen LogP contribution in [0, 0.1) is 0 Å². The lowest BCUT2D eigenvalue weighted by molar-refractivity contribution is 0.758. The van der Waals surface area contributed by atoms with Gasteiger partial charge in [-0.2, -0.15) is 0 Å². The first-order valence-electron chi connectivity index (χ1n) is 3.12. The van der Waals surface area contributed by atoms with Crippen molar-refractivity contribution in [1.82, 2.24) is 0 Å². The predicted molar refractivity (Wildman–Crippen MR) is 49.0 cm³/mol. The van der Waals surface area contributed by atoms with Gasteiger partial charge >= 0.3 is 0 Å². The highest BCUT2D eigenvalue weighted by Crippen LogP contribution is 2.37. The second-order valence-corrected chi connectivity index (χ2v) is 11.5. The van der Waals surface area contributed by atoms with Crippen molar-refractivity contribution < 1.29 is 0 Å². The third kappa shape index (κ3) is 2.79. The lowest BCUT2D eigenvalue weighted by atomic mass is 10.3. The average molecular weight is 248 g/mol. The van der Waals surface area contributed by atoms with Crippen LogP contribution in [0.15, 0.2) is 0 Å². The van der Waals surface area contributed by atoms with Crippen LogP contribution < -0.4 is 0 Å². The van der Waals surface area contributed by atoms with Gasteiger partial charge < -0.3 is 0 Å². The molecule has 1 rings (SSSR count). The number of hydrogen-bond donors (Lipinski definition) is 0. The van der Waals surface area contributed by atoms with Gasteiger partial charge in [0.15, 0.2) is 0 Å². The van der Waals surface area contributed by atoms with Crippen molar-refractivity contribution in [2.45, 2.75) is 29.8 Å². The third-order valence-corrected chi connectivity index (χ3v) is 6.87. The normalized spacial score (nSPS) is 28.3. The molecule has 0 atom stereocenters. The fourth-order valence-corrected chi connectivity index (χ4v) is 5.41. The van der Waals surface area contributed by atoms with E-state index in [9.17, 15) is 0 Å². The lowest BCUT2D eigenvalue weighted by Gasteiger charge is -2.24. The smallest absolute Gasteiger partial charge is 0.146 e. The molecule has 0 aromatic rings. The Kier molecular flexibility index (Phi) is 2.90. The van der Waals surface area contributed by atoms with E-state index in [-0.39, 0.29) is 0 Å². The maximum absolute atomic E-state index is 6.02. The number of halogens is 3. The predicted octanol–water partition coefficient (Wildman–Crippen LogP) is 3.46. The highest BCUT2D eigenvalue weighted by atomic mass is 79.9. The fraction of sp³-hybridized carbons (Fsp3) is 1.00. The van der Waals surface area contributed by atoms with Gasteiger partial charge in [-0.3, -0.25) is 0 Å². The van der Waals surface area contributed by atoms with Crippen molar-refractivity contribution in [2.24, 2.45) is 0 Å². The largest absolute Gasteiger partial charge is 0.251 e. The molecule has 0 unspecified atom stereocenters. The van der Waals surface area contributed by atoms with Gasteiger partial charge in [0.05, 0.1) is 0 Å². The van der Waals surface area contributed by atoms with Crippen molar-refractivity contribution in [3.05, 3.63) is 0 Å². The Morgan fingerprint density at radius 1 is 1.22 bits per heavy atom. The zero-order valence-corrected chi connectivity index (χ0v) is 9.14. The third-order valence-electron chi connectivity index (χ3n) is 1.65. The summed E-state index contributed by atoms with van der Waals surface area (Å²) in [4.78, 5) is 0.677. The summed E-state index contributed by atoms with van der Waals surface area (Å²) in [5, 5.41) is 0. The molecule has 0 saturated carbocycles. The van der Waals surface area contributed by atoms with Crippen molar-refractivity contribution >= 4 is 44.8 Å². The monoisotopic (exact) mass is 246 g/mol. The van der Waals surface area contributed by atoms with Crippen LogP contribution in [0.2, 0.25) is 12.1 Å². The summed E-state index contributed by atoms with van der Waals surface area (Å²) in [5.74, 6) is 0. The molecule has 4 heteroatoms. The van der Waals surface area contributed by atoms with E-state index in [1.165, 1.54) is 12.8 Å². The minimum Gasteiger partial charge on any atom is -0.146 e. The Hall–Kier alpha value is 1.28. The van der Waals surface area contributed by atoms with Gasteiger partial charge in [0.2, 0.25) is 0 Å². The SMILES string of the molecule is Cl[Si]1(Cl)CCC(Br)CC1. The average Bonchev–Trinajstić information content (AvgIpc) is 1.78. The van der Waals surface area contributed by atoms with E-state index < -0.39 is 6.69 Å². The molecule has 1 heterocycles. The zero-order chi connectivity index (χ0) is 6.91. The van der Waals surface area contributed by atoms with E-state index in [1.54, 1.807) is 0 Å². The Morgan fingerprint density at radius 3 is 2.00 bits per heavy atom. The van der Waals surface area contributed by atoms with Crippen molar-refractivity contribution in [3.63, 3.8) is 0 Å². The Bertz CT molecular complexity index is 97.1. The number of hydrogen-bond acceptors (Lipinski definition) is 0. The number of alkyl halides is 1. The summed E-state index contributed by atoms with van der Waals surface area (Å²) in [6, 6.07) is 2.12. The van der Waals surface area contributed by atoms with Crippen LogP contribution >= 0.6 is 38.1 Å². The van der Waals surface area contributed by atoms with Gasteiger partial charge in [-0.05, 0) is 24.9 Å². The van der Waals surface area contributed by atoms with Crippen molar-refractivity contribution in [2.75, 3.05) is 0 Å². The Labute approximate surface area is 74.5 Å². The molecule has 0 radical (unpaired) electrons. The Morgan fingerprint density at radius 2 is 1.67 bits per heavy atom. The van der Waals surface area contributed by atoms with E-state index in [1.807, 2.05) is 0 Å². The molecule has 0 aromatic carbocycles. The van der Waals surface area contributed by atoms with Gasteiger partial charge in [-0.1, -0.05) is 15.9 Å². The van der Waals surface area contributed by atoms with E-state index >= 15 is 0 Å². The molecule has 0 amide bonds. The van der Waals surface area contributed by atoms with E-state index in [2.05, 4.69) is 15.9 Å². The molecular weight excluding hydrogens is 239 g/mol. The molecule has 1 aliphatic heterocycles. The van der Waals surface area contributed by atoms with Crippen LogP contribution in [0.3, 0.4) is 0 Å². The summed E-state index contributed by atoms with van der Waals surface area (Å²) in [6.45, 7) is -1.72. The minimum atomic E-state index is -1.72. The first-order valence-corrected chi connectivity index (χ1v) is 8.47. The molecular formula is C5H9BrCl2Si. The summed E-state index contributed by atoms with van der Waals surface area (Å²) >= 11 is 15.6. The topological polar surface area (TPSA) is 0 Å². The second-order valence-electron chi connectivity index (χ2n) is 2.53. The summed E-state index contributed by atoms with van der Waals surface area (Å²) in [7, 11) is 0. The van der Waals surface area contributed by atoms with E-state index in [4.69, 9.17) is 22.2 Å². The molecule has 0 bridgehead atoms. The highest BCUT2D eigenvalue weighted by Gasteiger charge is 2.33. The molecule has 0 spiro atoms. The maximum atomic E-state index is 6.02. The fourth-order valence-electron chi connectivity index (χ4n) is 1.00. The van der Waals surface area contributed by atoms with Crippen LogP contribution in [0.5, 0.6) is 0 Å². The Balaban J connectivity index is 2.35. The molecule has 9 heavy (non-hydrogen) atoms. The van der Waals surface area contributed by atoms with Crippen LogP contribution in [-0.2, 0) is 0 Å². The van der Waals surface area contributed by atoms with Crippen molar-refractivity contribution in [3.8, 4) is 0 Å². The standard InChI is InChI=1S/C5H9BrCl2Si/c6-5-1-3-9(7,8)4-2-5/h5H,1-4H2. The zero-order valence-electron chi connectivity index (χ0n) is 5.04. The van der Waals surface area contributed by atoms with Gasteiger partial charge in [-0.25, -0.2) is 0 Å². The molecule has 0 nitrogen and oxygen atoms in total. The maximum Gasteiger partial charge on any atom is 0.251 e. The first-order chi connectivity index (χ1) is 4.10. The summed E-state index contributed by atoms with van der Waals surface area (Å²) in [6.07, 6.45) is 2.33. The van der Waals surface area contributed by atoms with Gasteiger partial charge in [0.25, 0.3) is 6.69 Å². The quantitative estimate of drug-likeness (QED) is 0.350. The molecule has 0 aliphatic carbocycles. The molecule has 0 aromatic heterocycles. The lowest BCUT2D eigenvalue weighted by Crippen LogP contribution is -2.26. The van der Waals surface area contributed by atoms with Gasteiger partial charge in [0, 0.05) is 4.83 Å². The highest BCUT2D eigenvalue weighted by molar-refractivity contribution is 9.09. The molecule has 1 fully saturated rings. The van der Waals surface area contributed by atoms with Crippen LogP contribution in [0.25, 0.3) is 0 Å². The van der Waals surface area contributed by atoms with E-state index in [0.717, 1.165) is 12.1 Å². The summed E-state index contributed by atoms with van der Waals surface area (Å²) < 4.78 is 0. The van der Waals surface area contributed by atoms with E-state index in [0.29, 0.717) is 4.83 Å². The number of rotatable bonds is 0. The second kappa shape index (κ2) is 3.12. The molecule has 1 aliphatic rings. The van der Waals surface area contributed by atoms with Gasteiger partial charge in [-0.15, -0.1) is 22.2 Å². The molecule has 1 saturated heterocycles. The minimum absolute atomic E-state index is 0.677. The summed E-state index contributed by atoms with van der Waals surface area (Å²) in [5.41, 5.74) is 0. The van der Waals surface area contributed by atoms with Crippen LogP contribution in [0.1, 0.15) is 12.8 Å². The molecule has 54 valence electrons. The van der Waals surface area contributed by atoms with Gasteiger partial charge in [0.1, 0.15) is 0 Å².